The zero-order valence-electron chi connectivity index (χ0n) is 7.98. The summed E-state index contributed by atoms with van der Waals surface area (Å²) >= 11 is 0. The first-order valence-electron chi connectivity index (χ1n) is 4.16. The second-order valence-electron chi connectivity index (χ2n) is 2.78. The number of rotatable bonds is 2. The van der Waals surface area contributed by atoms with Crippen LogP contribution in [0, 0.1) is 0 Å². The first-order valence-corrected chi connectivity index (χ1v) is 4.16. The number of amides is 1. The molecule has 1 aliphatic heterocycles. The van der Waals surface area contributed by atoms with Crippen molar-refractivity contribution in [3.05, 3.63) is 11.8 Å². The molecule has 2 N–H and O–H groups in total. The van der Waals surface area contributed by atoms with Gasteiger partial charge < -0.3 is 20.1 Å². The Morgan fingerprint density at radius 1 is 1.79 bits per heavy atom. The quantitative estimate of drug-likeness (QED) is 0.431. The van der Waals surface area contributed by atoms with Gasteiger partial charge in [0.15, 0.2) is 0 Å². The average Bonchev–Trinajstić information content (AvgIpc) is 2.11. The molecule has 0 fully saturated rings. The van der Waals surface area contributed by atoms with Gasteiger partial charge in [-0.05, 0) is 6.92 Å². The summed E-state index contributed by atoms with van der Waals surface area (Å²) in [5.41, 5.74) is -0.111. The van der Waals surface area contributed by atoms with Gasteiger partial charge in [0.05, 0.1) is 6.61 Å². The summed E-state index contributed by atoms with van der Waals surface area (Å²) in [5, 5.41) is 11.4. The lowest BCUT2D eigenvalue weighted by molar-refractivity contribution is -0.142. The summed E-state index contributed by atoms with van der Waals surface area (Å²) in [4.78, 5) is 23.7. The van der Waals surface area contributed by atoms with Gasteiger partial charge in [-0.15, -0.1) is 0 Å². The highest BCUT2D eigenvalue weighted by Crippen LogP contribution is 2.07. The van der Waals surface area contributed by atoms with Crippen molar-refractivity contribution in [2.45, 2.75) is 13.3 Å². The number of carbonyl (C=O) groups excluding carboxylic acids is 2. The Labute approximate surface area is 81.1 Å². The van der Waals surface area contributed by atoms with Crippen molar-refractivity contribution in [3.63, 3.8) is 0 Å². The standard InChI is InChI=1S/C8H12N2O4/c1-3-14-7(12)5-4-10(2)8(13)9-6(5)11/h4,8,13H,3H2,1-2H3,(H,9,11). The van der Waals surface area contributed by atoms with E-state index in [4.69, 9.17) is 0 Å². The molecule has 0 bridgehead atoms. The van der Waals surface area contributed by atoms with Crippen LogP contribution in [-0.4, -0.2) is 41.9 Å². The van der Waals surface area contributed by atoms with Gasteiger partial charge in [-0.25, -0.2) is 4.79 Å². The molecule has 1 amide bonds. The summed E-state index contributed by atoms with van der Waals surface area (Å²) in [5.74, 6) is -1.32. The van der Waals surface area contributed by atoms with Gasteiger partial charge in [-0.1, -0.05) is 0 Å². The second kappa shape index (κ2) is 4.10. The number of aliphatic hydroxyl groups excluding tert-OH is 1. The molecule has 14 heavy (non-hydrogen) atoms. The van der Waals surface area contributed by atoms with Gasteiger partial charge in [-0.2, -0.15) is 0 Å². The molecule has 6 heteroatoms. The number of carbonyl (C=O) groups is 2. The highest BCUT2D eigenvalue weighted by atomic mass is 16.5. The van der Waals surface area contributed by atoms with E-state index in [1.54, 1.807) is 6.92 Å². The molecule has 6 nitrogen and oxygen atoms in total. The lowest BCUT2D eigenvalue weighted by atomic mass is 10.2. The molecular formula is C8H12N2O4. The highest BCUT2D eigenvalue weighted by molar-refractivity contribution is 6.16. The van der Waals surface area contributed by atoms with Crippen molar-refractivity contribution < 1.29 is 19.4 Å². The molecule has 1 unspecified atom stereocenters. The summed E-state index contributed by atoms with van der Waals surface area (Å²) in [6.07, 6.45) is 0.155. The molecule has 0 saturated carbocycles. The summed E-state index contributed by atoms with van der Waals surface area (Å²) in [6.45, 7) is 1.85. The zero-order valence-corrected chi connectivity index (χ0v) is 7.98. The zero-order chi connectivity index (χ0) is 10.7. The number of nitrogens with zero attached hydrogens (tertiary/aromatic N) is 1. The van der Waals surface area contributed by atoms with Crippen LogP contribution in [0.25, 0.3) is 0 Å². The minimum atomic E-state index is -1.10. The van der Waals surface area contributed by atoms with Gasteiger partial charge >= 0.3 is 5.97 Å². The predicted octanol–water partition coefficient (Wildman–Crippen LogP) is -1.23. The van der Waals surface area contributed by atoms with Gasteiger partial charge in [0.25, 0.3) is 5.91 Å². The van der Waals surface area contributed by atoms with E-state index in [-0.39, 0.29) is 12.2 Å². The fourth-order valence-corrected chi connectivity index (χ4v) is 0.984. The number of aliphatic hydroxyl groups is 1. The smallest absolute Gasteiger partial charge is 0.345 e. The summed E-state index contributed by atoms with van der Waals surface area (Å²) < 4.78 is 4.66. The SMILES string of the molecule is CCOC(=O)C1=CN(C)C(O)NC1=O. The van der Waals surface area contributed by atoms with E-state index in [0.717, 1.165) is 0 Å². The summed E-state index contributed by atoms with van der Waals surface area (Å²) in [6, 6.07) is 0. The van der Waals surface area contributed by atoms with Crippen LogP contribution in [-0.2, 0) is 14.3 Å². The van der Waals surface area contributed by atoms with Crippen molar-refractivity contribution in [3.8, 4) is 0 Å². The monoisotopic (exact) mass is 200 g/mol. The fraction of sp³-hybridized carbons (Fsp3) is 0.500. The second-order valence-corrected chi connectivity index (χ2v) is 2.78. The molecular weight excluding hydrogens is 188 g/mol. The number of nitrogens with one attached hydrogen (secondary N) is 1. The lowest BCUT2D eigenvalue weighted by Crippen LogP contribution is -2.49. The molecule has 0 spiro atoms. The molecule has 1 aliphatic rings. The lowest BCUT2D eigenvalue weighted by Gasteiger charge is -2.27. The Morgan fingerprint density at radius 3 is 3.00 bits per heavy atom. The number of hydrogen-bond donors (Lipinski definition) is 2. The summed E-state index contributed by atoms with van der Waals surface area (Å²) in [7, 11) is 1.53. The van der Waals surface area contributed by atoms with E-state index in [0.29, 0.717) is 0 Å². The van der Waals surface area contributed by atoms with Crippen LogP contribution in [0.3, 0.4) is 0 Å². The number of hydrogen-bond acceptors (Lipinski definition) is 5. The Kier molecular flexibility index (Phi) is 3.08. The van der Waals surface area contributed by atoms with Crippen LogP contribution < -0.4 is 5.32 Å². The van der Waals surface area contributed by atoms with Crippen molar-refractivity contribution >= 4 is 11.9 Å². The van der Waals surface area contributed by atoms with Gasteiger partial charge in [0.2, 0.25) is 6.35 Å². The van der Waals surface area contributed by atoms with E-state index in [2.05, 4.69) is 10.1 Å². The van der Waals surface area contributed by atoms with Crippen LogP contribution >= 0.6 is 0 Å². The minimum Gasteiger partial charge on any atom is -0.462 e. The molecule has 0 aromatic rings. The van der Waals surface area contributed by atoms with Crippen molar-refractivity contribution in [1.82, 2.24) is 10.2 Å². The van der Waals surface area contributed by atoms with Gasteiger partial charge in [0.1, 0.15) is 5.57 Å². The van der Waals surface area contributed by atoms with E-state index >= 15 is 0 Å². The Hall–Kier alpha value is -1.56. The van der Waals surface area contributed by atoms with Gasteiger partial charge in [0, 0.05) is 13.2 Å². The van der Waals surface area contributed by atoms with E-state index in [1.165, 1.54) is 18.1 Å². The Balaban J connectivity index is 2.81. The van der Waals surface area contributed by atoms with E-state index in [1.807, 2.05) is 0 Å². The highest BCUT2D eigenvalue weighted by Gasteiger charge is 2.27. The maximum Gasteiger partial charge on any atom is 0.345 e. The third-order valence-corrected chi connectivity index (χ3v) is 1.72. The largest absolute Gasteiger partial charge is 0.462 e. The van der Waals surface area contributed by atoms with Crippen molar-refractivity contribution in [2.24, 2.45) is 0 Å². The van der Waals surface area contributed by atoms with Crippen LogP contribution in [0.4, 0.5) is 0 Å². The minimum absolute atomic E-state index is 0.111. The van der Waals surface area contributed by atoms with Gasteiger partial charge in [-0.3, -0.25) is 4.79 Å². The number of ether oxygens (including phenoxy) is 1. The third-order valence-electron chi connectivity index (χ3n) is 1.72. The molecule has 78 valence electrons. The molecule has 0 radical (unpaired) electrons. The molecule has 1 heterocycles. The van der Waals surface area contributed by atoms with Crippen LogP contribution in [0.1, 0.15) is 6.92 Å². The average molecular weight is 200 g/mol. The predicted molar refractivity (Wildman–Crippen MR) is 46.6 cm³/mol. The molecule has 0 aromatic heterocycles. The maximum atomic E-state index is 11.2. The molecule has 1 rings (SSSR count). The first-order chi connectivity index (χ1) is 6.56. The molecule has 0 saturated heterocycles. The van der Waals surface area contributed by atoms with E-state index in [9.17, 15) is 14.7 Å². The van der Waals surface area contributed by atoms with Crippen LogP contribution in [0.15, 0.2) is 11.8 Å². The van der Waals surface area contributed by atoms with Crippen LogP contribution in [0.2, 0.25) is 0 Å². The molecule has 0 aliphatic carbocycles. The third kappa shape index (κ3) is 2.02. The normalized spacial score (nSPS) is 21.4. The van der Waals surface area contributed by atoms with Crippen molar-refractivity contribution in [2.75, 3.05) is 13.7 Å². The fourth-order valence-electron chi connectivity index (χ4n) is 0.984. The van der Waals surface area contributed by atoms with Crippen LogP contribution in [0.5, 0.6) is 0 Å². The topological polar surface area (TPSA) is 78.9 Å². The van der Waals surface area contributed by atoms with E-state index < -0.39 is 18.2 Å². The molecule has 0 aromatic carbocycles. The first kappa shape index (κ1) is 10.5. The molecule has 1 atom stereocenters. The Bertz CT molecular complexity index is 287. The number of esters is 1. The maximum absolute atomic E-state index is 11.2. The van der Waals surface area contributed by atoms with Crippen molar-refractivity contribution in [1.29, 1.82) is 0 Å². The Morgan fingerprint density at radius 2 is 2.43 bits per heavy atom.